The van der Waals surface area contributed by atoms with Crippen LogP contribution in [0.15, 0.2) is 41.5 Å². The molecule has 0 saturated carbocycles. The van der Waals surface area contributed by atoms with Crippen LogP contribution in [0.3, 0.4) is 0 Å². The molecule has 0 bridgehead atoms. The monoisotopic (exact) mass is 342 g/mol. The molecular weight excluding hydrogens is 320 g/mol. The van der Waals surface area contributed by atoms with Crippen LogP contribution in [-0.4, -0.2) is 32.9 Å². The Morgan fingerprint density at radius 3 is 2.64 bits per heavy atom. The molecule has 25 heavy (non-hydrogen) atoms. The first-order chi connectivity index (χ1) is 12.0. The number of hydrogen-bond acceptors (Lipinski definition) is 5. The van der Waals surface area contributed by atoms with Gasteiger partial charge < -0.3 is 14.2 Å². The SMILES string of the molecule is COc1ccc(/C=N/NC(=O)COc2cccc(C)c2C)c(OC)c1. The van der Waals surface area contributed by atoms with Crippen molar-refractivity contribution in [3.8, 4) is 17.2 Å². The summed E-state index contributed by atoms with van der Waals surface area (Å²) in [6.45, 7) is 3.84. The normalized spacial score (nSPS) is 10.6. The van der Waals surface area contributed by atoms with E-state index in [1.54, 1.807) is 32.4 Å². The Balaban J connectivity index is 1.91. The zero-order valence-corrected chi connectivity index (χ0v) is 14.8. The number of benzene rings is 2. The van der Waals surface area contributed by atoms with Gasteiger partial charge in [0, 0.05) is 11.6 Å². The fraction of sp³-hybridized carbons (Fsp3) is 0.263. The number of amides is 1. The van der Waals surface area contributed by atoms with Crippen LogP contribution in [0.1, 0.15) is 16.7 Å². The summed E-state index contributed by atoms with van der Waals surface area (Å²) in [6, 6.07) is 11.0. The van der Waals surface area contributed by atoms with Crippen molar-refractivity contribution in [3.05, 3.63) is 53.1 Å². The number of carbonyl (C=O) groups is 1. The lowest BCUT2D eigenvalue weighted by Gasteiger charge is -2.10. The summed E-state index contributed by atoms with van der Waals surface area (Å²) in [5, 5.41) is 3.93. The Bertz CT molecular complexity index is 772. The Hall–Kier alpha value is -3.02. The van der Waals surface area contributed by atoms with Crippen molar-refractivity contribution in [1.29, 1.82) is 0 Å². The second-order valence-electron chi connectivity index (χ2n) is 5.39. The second kappa shape index (κ2) is 8.73. The van der Waals surface area contributed by atoms with Gasteiger partial charge in [-0.2, -0.15) is 5.10 Å². The van der Waals surface area contributed by atoms with Crippen LogP contribution < -0.4 is 19.6 Å². The third-order valence-electron chi connectivity index (χ3n) is 3.75. The lowest BCUT2D eigenvalue weighted by Crippen LogP contribution is -2.24. The molecule has 2 rings (SSSR count). The largest absolute Gasteiger partial charge is 0.497 e. The van der Waals surface area contributed by atoms with Crippen LogP contribution in [0, 0.1) is 13.8 Å². The molecule has 0 heterocycles. The van der Waals surface area contributed by atoms with Crippen molar-refractivity contribution in [2.75, 3.05) is 20.8 Å². The van der Waals surface area contributed by atoms with Gasteiger partial charge in [0.2, 0.25) is 0 Å². The molecule has 6 nitrogen and oxygen atoms in total. The fourth-order valence-corrected chi connectivity index (χ4v) is 2.16. The number of rotatable bonds is 7. The molecule has 0 aromatic heterocycles. The number of aryl methyl sites for hydroxylation is 1. The molecule has 0 radical (unpaired) electrons. The zero-order valence-electron chi connectivity index (χ0n) is 14.8. The molecule has 0 spiro atoms. The van der Waals surface area contributed by atoms with Crippen LogP contribution in [0.4, 0.5) is 0 Å². The molecule has 1 amide bonds. The first-order valence-corrected chi connectivity index (χ1v) is 7.78. The first-order valence-electron chi connectivity index (χ1n) is 7.78. The molecule has 0 unspecified atom stereocenters. The van der Waals surface area contributed by atoms with Crippen LogP contribution >= 0.6 is 0 Å². The van der Waals surface area contributed by atoms with Gasteiger partial charge >= 0.3 is 0 Å². The minimum absolute atomic E-state index is 0.110. The maximum Gasteiger partial charge on any atom is 0.277 e. The Morgan fingerprint density at radius 2 is 1.92 bits per heavy atom. The van der Waals surface area contributed by atoms with Gasteiger partial charge in [0.15, 0.2) is 6.61 Å². The van der Waals surface area contributed by atoms with Crippen molar-refractivity contribution < 1.29 is 19.0 Å². The van der Waals surface area contributed by atoms with Crippen molar-refractivity contribution in [1.82, 2.24) is 5.43 Å². The average molecular weight is 342 g/mol. The predicted octanol–water partition coefficient (Wildman–Crippen LogP) is 2.85. The highest BCUT2D eigenvalue weighted by molar-refractivity contribution is 5.85. The van der Waals surface area contributed by atoms with E-state index in [4.69, 9.17) is 14.2 Å². The van der Waals surface area contributed by atoms with Gasteiger partial charge in [-0.25, -0.2) is 5.43 Å². The molecule has 0 fully saturated rings. The minimum atomic E-state index is -0.343. The smallest absolute Gasteiger partial charge is 0.277 e. The summed E-state index contributed by atoms with van der Waals surface area (Å²) >= 11 is 0. The summed E-state index contributed by atoms with van der Waals surface area (Å²) < 4.78 is 15.9. The molecule has 0 aliphatic rings. The lowest BCUT2D eigenvalue weighted by molar-refractivity contribution is -0.123. The number of carbonyl (C=O) groups excluding carboxylic acids is 1. The summed E-state index contributed by atoms with van der Waals surface area (Å²) in [5.74, 6) is 1.63. The van der Waals surface area contributed by atoms with E-state index in [1.165, 1.54) is 6.21 Å². The minimum Gasteiger partial charge on any atom is -0.497 e. The summed E-state index contributed by atoms with van der Waals surface area (Å²) in [6.07, 6.45) is 1.51. The van der Waals surface area contributed by atoms with E-state index in [9.17, 15) is 4.79 Å². The van der Waals surface area contributed by atoms with Crippen LogP contribution in [0.25, 0.3) is 0 Å². The Morgan fingerprint density at radius 1 is 1.12 bits per heavy atom. The highest BCUT2D eigenvalue weighted by atomic mass is 16.5. The average Bonchev–Trinajstić information content (AvgIpc) is 2.63. The van der Waals surface area contributed by atoms with Gasteiger partial charge in [0.25, 0.3) is 5.91 Å². The van der Waals surface area contributed by atoms with Gasteiger partial charge in [0.05, 0.1) is 20.4 Å². The number of nitrogens with one attached hydrogen (secondary N) is 1. The van der Waals surface area contributed by atoms with E-state index in [1.807, 2.05) is 32.0 Å². The molecule has 2 aromatic carbocycles. The molecular formula is C19H22N2O4. The van der Waals surface area contributed by atoms with Gasteiger partial charge in [-0.1, -0.05) is 12.1 Å². The van der Waals surface area contributed by atoms with Crippen molar-refractivity contribution in [2.45, 2.75) is 13.8 Å². The number of hydrazone groups is 1. The second-order valence-corrected chi connectivity index (χ2v) is 5.39. The van der Waals surface area contributed by atoms with Gasteiger partial charge in [-0.3, -0.25) is 4.79 Å². The van der Waals surface area contributed by atoms with E-state index in [2.05, 4.69) is 10.5 Å². The first kappa shape index (κ1) is 18.3. The summed E-state index contributed by atoms with van der Waals surface area (Å²) in [4.78, 5) is 11.9. The van der Waals surface area contributed by atoms with Crippen LogP contribution in [0.2, 0.25) is 0 Å². The predicted molar refractivity (Wildman–Crippen MR) is 96.7 cm³/mol. The number of methoxy groups -OCH3 is 2. The van der Waals surface area contributed by atoms with Crippen LogP contribution in [-0.2, 0) is 4.79 Å². The van der Waals surface area contributed by atoms with Gasteiger partial charge in [-0.05, 0) is 43.2 Å². The van der Waals surface area contributed by atoms with E-state index in [-0.39, 0.29) is 12.5 Å². The van der Waals surface area contributed by atoms with E-state index < -0.39 is 0 Å². The van der Waals surface area contributed by atoms with Crippen molar-refractivity contribution in [3.63, 3.8) is 0 Å². The van der Waals surface area contributed by atoms with E-state index in [0.717, 1.165) is 16.7 Å². The highest BCUT2D eigenvalue weighted by Crippen LogP contribution is 2.23. The number of hydrogen-bond donors (Lipinski definition) is 1. The van der Waals surface area contributed by atoms with Crippen LogP contribution in [0.5, 0.6) is 17.2 Å². The quantitative estimate of drug-likeness (QED) is 0.620. The fourth-order valence-electron chi connectivity index (χ4n) is 2.16. The summed E-state index contributed by atoms with van der Waals surface area (Å²) in [5.41, 5.74) is 5.28. The summed E-state index contributed by atoms with van der Waals surface area (Å²) in [7, 11) is 3.14. The Kier molecular flexibility index (Phi) is 6.39. The topological polar surface area (TPSA) is 69.2 Å². The third kappa shape index (κ3) is 4.97. The standard InChI is InChI=1S/C19H22N2O4/c1-13-6-5-7-17(14(13)2)25-12-19(22)21-20-11-15-8-9-16(23-3)10-18(15)24-4/h5-11H,12H2,1-4H3,(H,21,22)/b20-11+. The van der Waals surface area contributed by atoms with Crippen molar-refractivity contribution >= 4 is 12.1 Å². The molecule has 6 heteroatoms. The highest BCUT2D eigenvalue weighted by Gasteiger charge is 2.06. The number of nitrogens with zero attached hydrogens (tertiary/aromatic N) is 1. The molecule has 0 aliphatic heterocycles. The molecule has 1 N–H and O–H groups in total. The molecule has 0 saturated heterocycles. The third-order valence-corrected chi connectivity index (χ3v) is 3.75. The Labute approximate surface area is 147 Å². The molecule has 0 atom stereocenters. The van der Waals surface area contributed by atoms with E-state index >= 15 is 0 Å². The van der Waals surface area contributed by atoms with Gasteiger partial charge in [-0.15, -0.1) is 0 Å². The molecule has 132 valence electrons. The van der Waals surface area contributed by atoms with E-state index in [0.29, 0.717) is 17.2 Å². The lowest BCUT2D eigenvalue weighted by atomic mass is 10.1. The maximum absolute atomic E-state index is 11.9. The zero-order chi connectivity index (χ0) is 18.2. The maximum atomic E-state index is 11.9. The molecule has 0 aliphatic carbocycles. The van der Waals surface area contributed by atoms with Crippen molar-refractivity contribution in [2.24, 2.45) is 5.10 Å². The number of ether oxygens (including phenoxy) is 3. The van der Waals surface area contributed by atoms with Gasteiger partial charge in [0.1, 0.15) is 17.2 Å². The molecule has 2 aromatic rings.